The minimum absolute atomic E-state index is 0.0214. The van der Waals surface area contributed by atoms with Crippen LogP contribution < -0.4 is 19.5 Å². The number of nitrogens with one attached hydrogen (secondary N) is 2. The van der Waals surface area contributed by atoms with E-state index < -0.39 is 10.0 Å². The van der Waals surface area contributed by atoms with Gasteiger partial charge in [-0.2, -0.15) is 0 Å². The number of carbonyl (C=O) groups is 2. The number of ether oxygens (including phenoxy) is 2. The Morgan fingerprint density at radius 3 is 2.33 bits per heavy atom. The Balaban J connectivity index is 1.21. The summed E-state index contributed by atoms with van der Waals surface area (Å²) in [6.07, 6.45) is 0.774. The highest BCUT2D eigenvalue weighted by molar-refractivity contribution is 8.00. The van der Waals surface area contributed by atoms with Crippen LogP contribution in [0.15, 0.2) is 102 Å². The molecule has 0 aromatic heterocycles. The van der Waals surface area contributed by atoms with Crippen LogP contribution in [0.4, 0.5) is 11.4 Å². The summed E-state index contributed by atoms with van der Waals surface area (Å²) in [6, 6.07) is 27.9. The van der Waals surface area contributed by atoms with Gasteiger partial charge < -0.3 is 19.7 Å². The van der Waals surface area contributed by atoms with Gasteiger partial charge in [0.25, 0.3) is 15.9 Å². The summed E-state index contributed by atoms with van der Waals surface area (Å²) in [5.74, 6) is 1.05. The van der Waals surface area contributed by atoms with Gasteiger partial charge in [0, 0.05) is 23.9 Å². The fourth-order valence-corrected chi connectivity index (χ4v) is 6.96. The molecular weight excluding hydrogens is 587 g/mol. The van der Waals surface area contributed by atoms with Gasteiger partial charge >= 0.3 is 0 Å². The predicted molar refractivity (Wildman–Crippen MR) is 168 cm³/mol. The number of nitrogens with zero attached hydrogens (tertiary/aromatic N) is 1. The van der Waals surface area contributed by atoms with Gasteiger partial charge in [0.2, 0.25) is 5.91 Å². The van der Waals surface area contributed by atoms with Gasteiger partial charge in [-0.3, -0.25) is 14.3 Å². The van der Waals surface area contributed by atoms with Gasteiger partial charge in [0.15, 0.2) is 0 Å². The van der Waals surface area contributed by atoms with Gasteiger partial charge in [0.05, 0.1) is 30.6 Å². The molecule has 1 aliphatic heterocycles. The van der Waals surface area contributed by atoms with Crippen LogP contribution in [0, 0.1) is 0 Å². The maximum atomic E-state index is 13.0. The van der Waals surface area contributed by atoms with Crippen LogP contribution in [-0.4, -0.2) is 51.6 Å². The van der Waals surface area contributed by atoms with Crippen LogP contribution in [0.5, 0.6) is 11.5 Å². The van der Waals surface area contributed by atoms with E-state index in [1.165, 1.54) is 44.0 Å². The third-order valence-corrected chi connectivity index (χ3v) is 9.62. The number of sulfonamides is 1. The minimum Gasteiger partial charge on any atom is -0.497 e. The van der Waals surface area contributed by atoms with Crippen molar-refractivity contribution in [1.82, 2.24) is 4.90 Å². The molecule has 1 fully saturated rings. The van der Waals surface area contributed by atoms with E-state index in [2.05, 4.69) is 22.2 Å². The zero-order chi connectivity index (χ0) is 30.4. The van der Waals surface area contributed by atoms with Crippen LogP contribution in [-0.2, 0) is 21.2 Å². The standard InChI is InChI=1S/C32H31N3O6S2/c1-40-26-14-17-28(29(20-26)41-2)34-43(38,39)27-15-12-25(13-16-27)33-31(37)23-8-10-24(11-9-23)32-35(30(36)21-42-32)19-18-22-6-4-3-5-7-22/h3-17,20,32,34H,18-19,21H2,1-2H3,(H,33,37)/t32-/m1/s1. The first kappa shape index (κ1) is 30.0. The van der Waals surface area contributed by atoms with Crippen molar-refractivity contribution < 1.29 is 27.5 Å². The first-order valence-corrected chi connectivity index (χ1v) is 16.0. The fraction of sp³-hybridized carbons (Fsp3) is 0.188. The highest BCUT2D eigenvalue weighted by atomic mass is 32.2. The van der Waals surface area contributed by atoms with E-state index in [0.717, 1.165) is 12.0 Å². The first-order valence-electron chi connectivity index (χ1n) is 13.5. The molecule has 4 aromatic carbocycles. The van der Waals surface area contributed by atoms with Crippen molar-refractivity contribution >= 4 is 45.0 Å². The van der Waals surface area contributed by atoms with Crippen LogP contribution in [0.2, 0.25) is 0 Å². The van der Waals surface area contributed by atoms with Crippen molar-refractivity contribution in [3.63, 3.8) is 0 Å². The third-order valence-electron chi connectivity index (χ3n) is 6.99. The smallest absolute Gasteiger partial charge is 0.262 e. The van der Waals surface area contributed by atoms with Crippen molar-refractivity contribution in [3.05, 3.63) is 114 Å². The molecule has 1 saturated heterocycles. The van der Waals surface area contributed by atoms with Crippen LogP contribution in [0.25, 0.3) is 0 Å². The molecule has 2 N–H and O–H groups in total. The number of amides is 2. The zero-order valence-electron chi connectivity index (χ0n) is 23.6. The summed E-state index contributed by atoms with van der Waals surface area (Å²) in [5, 5.41) is 2.70. The van der Waals surface area contributed by atoms with Gasteiger partial charge in [-0.15, -0.1) is 11.8 Å². The first-order chi connectivity index (χ1) is 20.8. The second kappa shape index (κ2) is 13.2. The molecule has 4 aromatic rings. The molecule has 0 saturated carbocycles. The SMILES string of the molecule is COc1ccc(NS(=O)(=O)c2ccc(NC(=O)c3ccc([C@H]4SCC(=O)N4CCc4ccccc4)cc3)cc2)c(OC)c1. The van der Waals surface area contributed by atoms with Gasteiger partial charge in [-0.05, 0) is 66.1 Å². The lowest BCUT2D eigenvalue weighted by Crippen LogP contribution is -2.30. The molecule has 5 rings (SSSR count). The number of anilines is 2. The molecule has 0 bridgehead atoms. The Hall–Kier alpha value is -4.48. The monoisotopic (exact) mass is 617 g/mol. The fourth-order valence-electron chi connectivity index (χ4n) is 4.67. The number of rotatable bonds is 11. The molecule has 0 unspecified atom stereocenters. The van der Waals surface area contributed by atoms with Crippen molar-refractivity contribution in [2.45, 2.75) is 16.7 Å². The topological polar surface area (TPSA) is 114 Å². The van der Waals surface area contributed by atoms with Gasteiger partial charge in [-0.25, -0.2) is 8.42 Å². The van der Waals surface area contributed by atoms with Crippen LogP contribution in [0.3, 0.4) is 0 Å². The lowest BCUT2D eigenvalue weighted by atomic mass is 10.1. The lowest BCUT2D eigenvalue weighted by molar-refractivity contribution is -0.128. The molecule has 0 aliphatic carbocycles. The Bertz CT molecular complexity index is 1700. The minimum atomic E-state index is -3.92. The second-order valence-corrected chi connectivity index (χ2v) is 12.5. The van der Waals surface area contributed by atoms with Crippen LogP contribution in [0.1, 0.15) is 26.9 Å². The molecule has 0 spiro atoms. The molecule has 0 radical (unpaired) electrons. The number of benzene rings is 4. The highest BCUT2D eigenvalue weighted by Crippen LogP contribution is 2.38. The highest BCUT2D eigenvalue weighted by Gasteiger charge is 2.32. The Morgan fingerprint density at radius 1 is 0.930 bits per heavy atom. The number of thioether (sulfide) groups is 1. The Labute approximate surface area is 255 Å². The van der Waals surface area contributed by atoms with Crippen LogP contribution >= 0.6 is 11.8 Å². The maximum absolute atomic E-state index is 13.0. The number of hydrogen-bond donors (Lipinski definition) is 2. The van der Waals surface area contributed by atoms with E-state index in [-0.39, 0.29) is 27.8 Å². The van der Waals surface area contributed by atoms with E-state index in [4.69, 9.17) is 9.47 Å². The maximum Gasteiger partial charge on any atom is 0.262 e. The molecule has 2 amide bonds. The van der Waals surface area contributed by atoms with E-state index in [9.17, 15) is 18.0 Å². The molecule has 1 aliphatic rings. The van der Waals surface area contributed by atoms with Gasteiger partial charge in [-0.1, -0.05) is 42.5 Å². The summed E-state index contributed by atoms with van der Waals surface area (Å²) in [7, 11) is -0.971. The van der Waals surface area contributed by atoms with Crippen molar-refractivity contribution in [2.75, 3.05) is 36.6 Å². The summed E-state index contributed by atoms with van der Waals surface area (Å²) in [6.45, 7) is 0.623. The quantitative estimate of drug-likeness (QED) is 0.226. The number of methoxy groups -OCH3 is 2. The molecule has 1 heterocycles. The molecule has 11 heteroatoms. The Morgan fingerprint density at radius 2 is 1.65 bits per heavy atom. The summed E-state index contributed by atoms with van der Waals surface area (Å²) in [5.41, 5.74) is 3.29. The van der Waals surface area contributed by atoms with Crippen molar-refractivity contribution in [3.8, 4) is 11.5 Å². The van der Waals surface area contributed by atoms with E-state index in [0.29, 0.717) is 35.0 Å². The number of hydrogen-bond acceptors (Lipinski definition) is 7. The average molecular weight is 618 g/mol. The van der Waals surface area contributed by atoms with E-state index in [1.807, 2.05) is 35.2 Å². The van der Waals surface area contributed by atoms with Crippen molar-refractivity contribution in [2.24, 2.45) is 0 Å². The third kappa shape index (κ3) is 7.12. The molecule has 1 atom stereocenters. The van der Waals surface area contributed by atoms with E-state index in [1.54, 1.807) is 42.1 Å². The molecular formula is C32H31N3O6S2. The second-order valence-electron chi connectivity index (χ2n) is 9.76. The lowest BCUT2D eigenvalue weighted by Gasteiger charge is -2.24. The number of carbonyl (C=O) groups excluding carboxylic acids is 2. The zero-order valence-corrected chi connectivity index (χ0v) is 25.3. The molecule has 9 nitrogen and oxygen atoms in total. The Kier molecular flexibility index (Phi) is 9.22. The normalized spacial score (nSPS) is 14.8. The average Bonchev–Trinajstić information content (AvgIpc) is 3.40. The molecule has 222 valence electrons. The summed E-state index contributed by atoms with van der Waals surface area (Å²) in [4.78, 5) is 27.4. The van der Waals surface area contributed by atoms with E-state index >= 15 is 0 Å². The summed E-state index contributed by atoms with van der Waals surface area (Å²) < 4.78 is 38.9. The van der Waals surface area contributed by atoms with Gasteiger partial charge in [0.1, 0.15) is 16.9 Å². The molecule has 43 heavy (non-hydrogen) atoms. The largest absolute Gasteiger partial charge is 0.497 e. The van der Waals surface area contributed by atoms with Crippen molar-refractivity contribution in [1.29, 1.82) is 0 Å². The predicted octanol–water partition coefficient (Wildman–Crippen LogP) is 5.57. The summed E-state index contributed by atoms with van der Waals surface area (Å²) >= 11 is 1.58.